The molecule has 6 nitrogen and oxygen atoms in total. The molecule has 0 saturated carbocycles. The highest BCUT2D eigenvalue weighted by Gasteiger charge is 2.19. The van der Waals surface area contributed by atoms with Crippen molar-refractivity contribution in [1.29, 1.82) is 0 Å². The third kappa shape index (κ3) is 4.28. The smallest absolute Gasteiger partial charge is 0.282 e. The standard InChI is InChI=1S/C17H15FN2O4S/c18-13-4-6-14(7-5-13)19-17(21)12-2-1-3-16(10-12)25(22,23)20-15-8-9-24-11-15/h1-7,10H,8-9,11H2,(H,19,21). The molecule has 130 valence electrons. The Morgan fingerprint density at radius 2 is 1.92 bits per heavy atom. The number of halogens is 1. The van der Waals surface area contributed by atoms with Gasteiger partial charge in [0.15, 0.2) is 0 Å². The number of sulfonamides is 1. The van der Waals surface area contributed by atoms with Crippen LogP contribution in [0.15, 0.2) is 57.8 Å². The molecule has 1 N–H and O–H groups in total. The van der Waals surface area contributed by atoms with Crippen molar-refractivity contribution in [2.75, 3.05) is 18.5 Å². The number of amides is 1. The summed E-state index contributed by atoms with van der Waals surface area (Å²) < 4.78 is 46.4. The zero-order valence-electron chi connectivity index (χ0n) is 13.1. The van der Waals surface area contributed by atoms with Crippen LogP contribution in [0.4, 0.5) is 10.1 Å². The molecule has 0 unspecified atom stereocenters. The van der Waals surface area contributed by atoms with Gasteiger partial charge < -0.3 is 10.1 Å². The molecule has 1 saturated heterocycles. The van der Waals surface area contributed by atoms with Gasteiger partial charge in [-0.2, -0.15) is 12.8 Å². The van der Waals surface area contributed by atoms with E-state index in [0.29, 0.717) is 24.4 Å². The molecule has 2 aromatic rings. The SMILES string of the molecule is O=C(Nc1ccc(F)cc1)c1cccc(S(=O)(=O)N=C2CCOC2)c1. The number of benzene rings is 2. The molecule has 2 aromatic carbocycles. The molecule has 1 aliphatic heterocycles. The normalized spacial score (nSPS) is 16.1. The highest BCUT2D eigenvalue weighted by Crippen LogP contribution is 2.17. The first-order valence-electron chi connectivity index (χ1n) is 7.51. The minimum atomic E-state index is -3.90. The van der Waals surface area contributed by atoms with Gasteiger partial charge in [0.2, 0.25) is 0 Å². The molecule has 0 aromatic heterocycles. The fraction of sp³-hybridized carbons (Fsp3) is 0.176. The third-order valence-corrected chi connectivity index (χ3v) is 4.90. The first kappa shape index (κ1) is 17.2. The predicted molar refractivity (Wildman–Crippen MR) is 90.9 cm³/mol. The van der Waals surface area contributed by atoms with Gasteiger partial charge in [-0.3, -0.25) is 4.79 Å². The molecule has 3 rings (SSSR count). The monoisotopic (exact) mass is 362 g/mol. The van der Waals surface area contributed by atoms with Crippen LogP contribution in [-0.4, -0.2) is 33.3 Å². The average molecular weight is 362 g/mol. The van der Waals surface area contributed by atoms with Crippen molar-refractivity contribution in [3.63, 3.8) is 0 Å². The van der Waals surface area contributed by atoms with E-state index < -0.39 is 21.7 Å². The maximum atomic E-state index is 12.9. The number of nitrogens with zero attached hydrogens (tertiary/aromatic N) is 1. The first-order valence-corrected chi connectivity index (χ1v) is 8.95. The zero-order chi connectivity index (χ0) is 17.9. The Labute approximate surface area is 144 Å². The van der Waals surface area contributed by atoms with Gasteiger partial charge in [0.25, 0.3) is 15.9 Å². The summed E-state index contributed by atoms with van der Waals surface area (Å²) in [4.78, 5) is 12.2. The van der Waals surface area contributed by atoms with Crippen LogP contribution in [0.1, 0.15) is 16.8 Å². The Morgan fingerprint density at radius 3 is 2.60 bits per heavy atom. The summed E-state index contributed by atoms with van der Waals surface area (Å²) in [5.41, 5.74) is 1.03. The van der Waals surface area contributed by atoms with Crippen LogP contribution in [0, 0.1) is 5.82 Å². The molecule has 0 bridgehead atoms. The summed E-state index contributed by atoms with van der Waals surface area (Å²) in [6.45, 7) is 0.651. The van der Waals surface area contributed by atoms with Crippen molar-refractivity contribution in [2.24, 2.45) is 4.40 Å². The van der Waals surface area contributed by atoms with Crippen molar-refractivity contribution in [2.45, 2.75) is 11.3 Å². The van der Waals surface area contributed by atoms with Crippen LogP contribution in [0.5, 0.6) is 0 Å². The van der Waals surface area contributed by atoms with Crippen molar-refractivity contribution >= 4 is 27.3 Å². The molecule has 0 atom stereocenters. The Kier molecular flexibility index (Phi) is 4.91. The maximum Gasteiger partial charge on any atom is 0.282 e. The quantitative estimate of drug-likeness (QED) is 0.906. The Balaban J connectivity index is 1.82. The van der Waals surface area contributed by atoms with E-state index in [1.807, 2.05) is 0 Å². The van der Waals surface area contributed by atoms with Crippen molar-refractivity contribution in [3.8, 4) is 0 Å². The molecule has 25 heavy (non-hydrogen) atoms. The molecular formula is C17H15FN2O4S. The van der Waals surface area contributed by atoms with Crippen LogP contribution < -0.4 is 5.32 Å². The van der Waals surface area contributed by atoms with E-state index in [1.54, 1.807) is 0 Å². The second-order valence-electron chi connectivity index (χ2n) is 5.42. The van der Waals surface area contributed by atoms with Crippen LogP contribution >= 0.6 is 0 Å². The summed E-state index contributed by atoms with van der Waals surface area (Å²) >= 11 is 0. The lowest BCUT2D eigenvalue weighted by Gasteiger charge is -2.07. The van der Waals surface area contributed by atoms with Gasteiger partial charge in [-0.05, 0) is 42.5 Å². The second kappa shape index (κ2) is 7.12. The van der Waals surface area contributed by atoms with E-state index in [1.165, 1.54) is 48.5 Å². The van der Waals surface area contributed by atoms with Crippen molar-refractivity contribution < 1.29 is 22.3 Å². The molecule has 0 aliphatic carbocycles. The molecule has 1 fully saturated rings. The van der Waals surface area contributed by atoms with Gasteiger partial charge in [0.05, 0.1) is 23.8 Å². The van der Waals surface area contributed by atoms with Gasteiger partial charge >= 0.3 is 0 Å². The Bertz CT molecular complexity index is 916. The van der Waals surface area contributed by atoms with Gasteiger partial charge in [-0.25, -0.2) is 4.39 Å². The van der Waals surface area contributed by atoms with Gasteiger partial charge in [0, 0.05) is 17.7 Å². The highest BCUT2D eigenvalue weighted by atomic mass is 32.2. The Hall–Kier alpha value is -2.58. The minimum absolute atomic E-state index is 0.0707. The fourth-order valence-corrected chi connectivity index (χ4v) is 3.40. The predicted octanol–water partition coefficient (Wildman–Crippen LogP) is 2.63. The number of carbonyl (C=O) groups is 1. The van der Waals surface area contributed by atoms with E-state index in [9.17, 15) is 17.6 Å². The average Bonchev–Trinajstić information content (AvgIpc) is 3.09. The molecule has 0 spiro atoms. The zero-order valence-corrected chi connectivity index (χ0v) is 13.9. The summed E-state index contributed by atoms with van der Waals surface area (Å²) in [5.74, 6) is -0.915. The number of hydrogen-bond acceptors (Lipinski definition) is 4. The summed E-state index contributed by atoms with van der Waals surface area (Å²) in [6, 6.07) is 10.9. The van der Waals surface area contributed by atoms with E-state index >= 15 is 0 Å². The minimum Gasteiger partial charge on any atom is -0.375 e. The lowest BCUT2D eigenvalue weighted by Crippen LogP contribution is -2.13. The van der Waals surface area contributed by atoms with Gasteiger partial charge in [0.1, 0.15) is 5.82 Å². The van der Waals surface area contributed by atoms with E-state index in [0.717, 1.165) is 0 Å². The lowest BCUT2D eigenvalue weighted by atomic mass is 10.2. The van der Waals surface area contributed by atoms with Crippen LogP contribution in [0.3, 0.4) is 0 Å². The maximum absolute atomic E-state index is 12.9. The summed E-state index contributed by atoms with van der Waals surface area (Å²) in [5, 5.41) is 2.58. The number of ether oxygens (including phenoxy) is 1. The van der Waals surface area contributed by atoms with E-state index in [-0.39, 0.29) is 17.1 Å². The van der Waals surface area contributed by atoms with E-state index in [4.69, 9.17) is 4.74 Å². The molecular weight excluding hydrogens is 347 g/mol. The van der Waals surface area contributed by atoms with Crippen molar-refractivity contribution in [3.05, 3.63) is 59.9 Å². The second-order valence-corrected chi connectivity index (χ2v) is 7.03. The Morgan fingerprint density at radius 1 is 1.16 bits per heavy atom. The summed E-state index contributed by atoms with van der Waals surface area (Å²) in [6.07, 6.45) is 0.476. The van der Waals surface area contributed by atoms with E-state index in [2.05, 4.69) is 9.71 Å². The number of nitrogens with one attached hydrogen (secondary N) is 1. The summed E-state index contributed by atoms with van der Waals surface area (Å²) in [7, 11) is -3.90. The number of hydrogen-bond donors (Lipinski definition) is 1. The number of carbonyl (C=O) groups excluding carboxylic acids is 1. The van der Waals surface area contributed by atoms with Crippen LogP contribution in [-0.2, 0) is 14.8 Å². The first-order chi connectivity index (χ1) is 11.9. The molecule has 1 amide bonds. The largest absolute Gasteiger partial charge is 0.375 e. The van der Waals surface area contributed by atoms with Crippen LogP contribution in [0.25, 0.3) is 0 Å². The highest BCUT2D eigenvalue weighted by molar-refractivity contribution is 7.90. The molecule has 1 heterocycles. The molecule has 8 heteroatoms. The van der Waals surface area contributed by atoms with Gasteiger partial charge in [-0.15, -0.1) is 0 Å². The lowest BCUT2D eigenvalue weighted by molar-refractivity contribution is 0.102. The number of anilines is 1. The molecule has 0 radical (unpaired) electrons. The number of rotatable bonds is 4. The van der Waals surface area contributed by atoms with Crippen LogP contribution in [0.2, 0.25) is 0 Å². The van der Waals surface area contributed by atoms with Crippen molar-refractivity contribution in [1.82, 2.24) is 0 Å². The topological polar surface area (TPSA) is 84.8 Å². The molecule has 1 aliphatic rings. The third-order valence-electron chi connectivity index (χ3n) is 3.55. The van der Waals surface area contributed by atoms with Gasteiger partial charge in [-0.1, -0.05) is 6.07 Å². The fourth-order valence-electron chi connectivity index (χ4n) is 2.28.